The molecule has 2 aromatic carbocycles. The molecule has 1 fully saturated rings. The Hall–Kier alpha value is -4.38. The molecule has 4 rings (SSSR count). The van der Waals surface area contributed by atoms with E-state index in [0.29, 0.717) is 22.8 Å². The maximum absolute atomic E-state index is 13.3. The third-order valence-electron chi connectivity index (χ3n) is 5.78. The van der Waals surface area contributed by atoms with E-state index in [4.69, 9.17) is 14.2 Å². The highest BCUT2D eigenvalue weighted by Gasteiger charge is 2.46. The van der Waals surface area contributed by atoms with Crippen LogP contribution in [-0.4, -0.2) is 47.9 Å². The number of carbonyl (C=O) groups excluding carboxylic acids is 2. The Balaban J connectivity index is 1.96. The lowest BCUT2D eigenvalue weighted by molar-refractivity contribution is -0.384. The minimum atomic E-state index is -1.03. The maximum Gasteiger partial charge on any atom is 0.295 e. The van der Waals surface area contributed by atoms with E-state index in [-0.39, 0.29) is 23.4 Å². The van der Waals surface area contributed by atoms with Gasteiger partial charge < -0.3 is 24.2 Å². The molecule has 1 N–H and O–H groups in total. The number of ketones is 1. The molecule has 0 bridgehead atoms. The van der Waals surface area contributed by atoms with Crippen LogP contribution >= 0.6 is 11.3 Å². The summed E-state index contributed by atoms with van der Waals surface area (Å²) in [5.74, 6) is -1.33. The van der Waals surface area contributed by atoms with Gasteiger partial charge in [-0.25, -0.2) is 0 Å². The average molecular weight is 511 g/mol. The molecule has 1 aliphatic heterocycles. The molecule has 1 saturated heterocycles. The summed E-state index contributed by atoms with van der Waals surface area (Å²) in [5, 5.41) is 24.3. The first-order valence-corrected chi connectivity index (χ1v) is 11.5. The summed E-state index contributed by atoms with van der Waals surface area (Å²) in [7, 11) is 4.32. The summed E-state index contributed by atoms with van der Waals surface area (Å²) in [6.45, 7) is 0.106. The van der Waals surface area contributed by atoms with E-state index in [2.05, 4.69) is 0 Å². The Kier molecular flexibility index (Phi) is 6.93. The van der Waals surface area contributed by atoms with E-state index in [9.17, 15) is 24.8 Å². The van der Waals surface area contributed by atoms with E-state index in [1.54, 1.807) is 12.1 Å². The van der Waals surface area contributed by atoms with Gasteiger partial charge in [-0.3, -0.25) is 19.7 Å². The highest BCUT2D eigenvalue weighted by atomic mass is 32.1. The number of nitrogens with zero attached hydrogens (tertiary/aromatic N) is 2. The van der Waals surface area contributed by atoms with Crippen LogP contribution in [0, 0.1) is 10.1 Å². The Morgan fingerprint density at radius 2 is 1.75 bits per heavy atom. The second kappa shape index (κ2) is 10.1. The van der Waals surface area contributed by atoms with E-state index >= 15 is 0 Å². The SMILES string of the molecule is COc1cc(C2/C(=C(\O)c3cccc([N+](=O)[O-])c3)C(=O)C(=O)N2Cc2cccs2)cc(OC)c1OC. The number of nitro benzene ring substituents is 1. The van der Waals surface area contributed by atoms with Crippen LogP contribution < -0.4 is 14.2 Å². The molecule has 1 amide bonds. The standard InChI is InChI=1S/C25H22N2O8S/c1-33-18-11-15(12-19(34-2)24(18)35-3)21-20(22(28)14-6-4-7-16(10-14)27(31)32)23(29)25(30)26(21)13-17-8-5-9-36-17/h4-12,21,28H,13H2,1-3H3/b22-20+. The minimum Gasteiger partial charge on any atom is -0.507 e. The largest absolute Gasteiger partial charge is 0.507 e. The van der Waals surface area contributed by atoms with Gasteiger partial charge in [0.2, 0.25) is 5.75 Å². The number of aliphatic hydroxyl groups is 1. The summed E-state index contributed by atoms with van der Waals surface area (Å²) in [5.41, 5.74) is -0.00877. The van der Waals surface area contributed by atoms with E-state index in [1.807, 2.05) is 17.5 Å². The van der Waals surface area contributed by atoms with E-state index < -0.39 is 28.4 Å². The number of hydrogen-bond acceptors (Lipinski definition) is 9. The number of benzene rings is 2. The zero-order valence-corrected chi connectivity index (χ0v) is 20.4. The van der Waals surface area contributed by atoms with Crippen LogP contribution in [0.4, 0.5) is 5.69 Å². The number of nitro groups is 1. The van der Waals surface area contributed by atoms with Gasteiger partial charge in [-0.15, -0.1) is 11.3 Å². The highest BCUT2D eigenvalue weighted by molar-refractivity contribution is 7.09. The number of carbonyl (C=O) groups is 2. The highest BCUT2D eigenvalue weighted by Crippen LogP contribution is 2.46. The normalized spacial score (nSPS) is 16.8. The Morgan fingerprint density at radius 1 is 1.06 bits per heavy atom. The Bertz CT molecular complexity index is 1340. The van der Waals surface area contributed by atoms with Gasteiger partial charge in [0.05, 0.1) is 44.4 Å². The number of likely N-dealkylation sites (tertiary alicyclic amines) is 1. The fourth-order valence-electron chi connectivity index (χ4n) is 4.14. The van der Waals surface area contributed by atoms with Gasteiger partial charge >= 0.3 is 0 Å². The van der Waals surface area contributed by atoms with Crippen LogP contribution in [0.25, 0.3) is 5.76 Å². The first kappa shape index (κ1) is 24.7. The molecule has 3 aromatic rings. The van der Waals surface area contributed by atoms with Gasteiger partial charge in [-0.2, -0.15) is 0 Å². The van der Waals surface area contributed by atoms with Gasteiger partial charge in [0.25, 0.3) is 17.4 Å². The van der Waals surface area contributed by atoms with Crippen molar-refractivity contribution < 1.29 is 33.8 Å². The van der Waals surface area contributed by atoms with Gasteiger partial charge in [0.15, 0.2) is 11.5 Å². The van der Waals surface area contributed by atoms with E-state index in [0.717, 1.165) is 10.9 Å². The fourth-order valence-corrected chi connectivity index (χ4v) is 4.84. The maximum atomic E-state index is 13.3. The van der Waals surface area contributed by atoms with Gasteiger partial charge in [0.1, 0.15) is 5.76 Å². The number of aliphatic hydroxyl groups excluding tert-OH is 1. The average Bonchev–Trinajstić information content (AvgIpc) is 3.49. The van der Waals surface area contributed by atoms with Crippen LogP contribution in [0.2, 0.25) is 0 Å². The van der Waals surface area contributed by atoms with Gasteiger partial charge in [-0.1, -0.05) is 18.2 Å². The third kappa shape index (κ3) is 4.36. The molecule has 36 heavy (non-hydrogen) atoms. The molecular weight excluding hydrogens is 488 g/mol. The summed E-state index contributed by atoms with van der Waals surface area (Å²) in [6, 6.07) is 11.1. The molecule has 0 saturated carbocycles. The molecule has 1 aromatic heterocycles. The molecule has 1 unspecified atom stereocenters. The summed E-state index contributed by atoms with van der Waals surface area (Å²) < 4.78 is 16.3. The van der Waals surface area contributed by atoms with Crippen LogP contribution in [0.1, 0.15) is 22.0 Å². The second-order valence-electron chi connectivity index (χ2n) is 7.77. The smallest absolute Gasteiger partial charge is 0.295 e. The molecule has 1 aliphatic rings. The van der Waals surface area contributed by atoms with Crippen molar-refractivity contribution in [2.24, 2.45) is 0 Å². The van der Waals surface area contributed by atoms with Crippen molar-refractivity contribution in [1.29, 1.82) is 0 Å². The lowest BCUT2D eigenvalue weighted by Gasteiger charge is -2.26. The van der Waals surface area contributed by atoms with Crippen molar-refractivity contribution in [3.63, 3.8) is 0 Å². The number of ether oxygens (including phenoxy) is 3. The van der Waals surface area contributed by atoms with Crippen molar-refractivity contribution in [2.45, 2.75) is 12.6 Å². The molecule has 1 atom stereocenters. The van der Waals surface area contributed by atoms with Crippen LogP contribution in [0.3, 0.4) is 0 Å². The molecule has 2 heterocycles. The van der Waals surface area contributed by atoms with Crippen molar-refractivity contribution in [3.05, 3.63) is 85.6 Å². The Morgan fingerprint density at radius 3 is 2.31 bits per heavy atom. The first-order valence-electron chi connectivity index (χ1n) is 10.7. The van der Waals surface area contributed by atoms with Crippen LogP contribution in [0.5, 0.6) is 17.2 Å². The zero-order chi connectivity index (χ0) is 26.0. The van der Waals surface area contributed by atoms with Gasteiger partial charge in [0, 0.05) is 22.6 Å². The molecule has 0 spiro atoms. The van der Waals surface area contributed by atoms with Crippen molar-refractivity contribution in [3.8, 4) is 17.2 Å². The fraction of sp³-hybridized carbons (Fsp3) is 0.200. The number of non-ortho nitro benzene ring substituents is 1. The van der Waals surface area contributed by atoms with Crippen molar-refractivity contribution >= 4 is 34.5 Å². The van der Waals surface area contributed by atoms with Crippen molar-refractivity contribution in [1.82, 2.24) is 4.90 Å². The molecule has 11 heteroatoms. The molecule has 10 nitrogen and oxygen atoms in total. The number of thiophene rings is 1. The summed E-state index contributed by atoms with van der Waals surface area (Å²) in [6.07, 6.45) is 0. The number of hydrogen-bond donors (Lipinski definition) is 1. The quantitative estimate of drug-likeness (QED) is 0.156. The van der Waals surface area contributed by atoms with Crippen LogP contribution in [-0.2, 0) is 16.1 Å². The Labute approximate surface area is 210 Å². The van der Waals surface area contributed by atoms with Crippen molar-refractivity contribution in [2.75, 3.05) is 21.3 Å². The molecule has 0 radical (unpaired) electrons. The second-order valence-corrected chi connectivity index (χ2v) is 8.80. The molecular formula is C25H22N2O8S. The van der Waals surface area contributed by atoms with Gasteiger partial charge in [-0.05, 0) is 29.1 Å². The topological polar surface area (TPSA) is 128 Å². The monoisotopic (exact) mass is 510 g/mol. The number of methoxy groups -OCH3 is 3. The zero-order valence-electron chi connectivity index (χ0n) is 19.6. The number of rotatable bonds is 8. The predicted molar refractivity (Wildman–Crippen MR) is 131 cm³/mol. The lowest BCUT2D eigenvalue weighted by atomic mass is 9.94. The summed E-state index contributed by atoms with van der Waals surface area (Å²) in [4.78, 5) is 39.3. The first-order chi connectivity index (χ1) is 17.3. The number of amides is 1. The van der Waals surface area contributed by atoms with Crippen LogP contribution in [0.15, 0.2) is 59.5 Å². The lowest BCUT2D eigenvalue weighted by Crippen LogP contribution is -2.29. The predicted octanol–water partition coefficient (Wildman–Crippen LogP) is 4.30. The minimum absolute atomic E-state index is 0.0377. The summed E-state index contributed by atoms with van der Waals surface area (Å²) >= 11 is 1.41. The molecule has 0 aliphatic carbocycles. The third-order valence-corrected chi connectivity index (χ3v) is 6.64. The van der Waals surface area contributed by atoms with E-state index in [1.165, 1.54) is 55.8 Å². The number of Topliss-reactive ketones (excluding diaryl/α,β-unsaturated/α-hetero) is 1. The molecule has 186 valence electrons.